The van der Waals surface area contributed by atoms with E-state index in [1.54, 1.807) is 29.0 Å². The van der Waals surface area contributed by atoms with Crippen LogP contribution in [-0.4, -0.2) is 9.55 Å². The first kappa shape index (κ1) is 15.6. The molecule has 0 atom stereocenters. The van der Waals surface area contributed by atoms with Crippen molar-refractivity contribution in [2.75, 3.05) is 0 Å². The Labute approximate surface area is 149 Å². The number of pyridine rings is 1. The summed E-state index contributed by atoms with van der Waals surface area (Å²) in [7, 11) is 1.75. The molecule has 0 aliphatic heterocycles. The fourth-order valence-electron chi connectivity index (χ4n) is 2.77. The third-order valence-corrected chi connectivity index (χ3v) is 4.96. The van der Waals surface area contributed by atoms with Crippen LogP contribution in [0.25, 0.3) is 21.3 Å². The van der Waals surface area contributed by atoms with Crippen LogP contribution in [0.5, 0.6) is 11.5 Å². The number of hydrogen-bond donors (Lipinski definition) is 0. The Morgan fingerprint density at radius 2 is 1.84 bits per heavy atom. The second-order valence-electron chi connectivity index (χ2n) is 5.81. The van der Waals surface area contributed by atoms with Crippen LogP contribution in [0.15, 0.2) is 65.6 Å². The van der Waals surface area contributed by atoms with Crippen molar-refractivity contribution in [2.24, 2.45) is 7.05 Å². The number of para-hydroxylation sites is 1. The molecular formula is C20H16N2O2S. The minimum absolute atomic E-state index is 0.0380. The standard InChI is InChI=1S/C20H16N2O2S/c1-13-21-17-10-9-16(14-8-11-18(23)22(2)12-14)19(20(17)25-13)24-15-6-4-3-5-7-15/h3-12H,1-2H3. The summed E-state index contributed by atoms with van der Waals surface area (Å²) in [5.74, 6) is 1.54. The molecule has 5 heteroatoms. The second-order valence-corrected chi connectivity index (χ2v) is 7.01. The van der Waals surface area contributed by atoms with Crippen LogP contribution in [-0.2, 0) is 7.05 Å². The van der Waals surface area contributed by atoms with Crippen LogP contribution in [0.2, 0.25) is 0 Å². The lowest BCUT2D eigenvalue weighted by Gasteiger charge is -2.13. The van der Waals surface area contributed by atoms with E-state index in [1.165, 1.54) is 0 Å². The molecule has 2 aromatic carbocycles. The van der Waals surface area contributed by atoms with Crippen LogP contribution in [0.3, 0.4) is 0 Å². The van der Waals surface area contributed by atoms with Gasteiger partial charge in [-0.2, -0.15) is 0 Å². The molecule has 124 valence electrons. The maximum Gasteiger partial charge on any atom is 0.250 e. The van der Waals surface area contributed by atoms with E-state index in [-0.39, 0.29) is 5.56 Å². The van der Waals surface area contributed by atoms with Gasteiger partial charge in [0, 0.05) is 30.4 Å². The molecule has 0 fully saturated rings. The minimum Gasteiger partial charge on any atom is -0.455 e. The van der Waals surface area contributed by atoms with Gasteiger partial charge in [-0.3, -0.25) is 4.79 Å². The topological polar surface area (TPSA) is 44.1 Å². The largest absolute Gasteiger partial charge is 0.455 e. The molecule has 0 aliphatic rings. The van der Waals surface area contributed by atoms with E-state index in [1.807, 2.05) is 61.7 Å². The molecule has 0 N–H and O–H groups in total. The zero-order valence-corrected chi connectivity index (χ0v) is 14.7. The van der Waals surface area contributed by atoms with Crippen LogP contribution in [0.1, 0.15) is 5.01 Å². The van der Waals surface area contributed by atoms with E-state index >= 15 is 0 Å². The van der Waals surface area contributed by atoms with Crippen molar-refractivity contribution in [1.82, 2.24) is 9.55 Å². The molecule has 2 heterocycles. The van der Waals surface area contributed by atoms with Gasteiger partial charge < -0.3 is 9.30 Å². The lowest BCUT2D eigenvalue weighted by Crippen LogP contribution is -2.13. The Hall–Kier alpha value is -2.92. The first-order valence-electron chi connectivity index (χ1n) is 7.92. The molecule has 0 spiro atoms. The monoisotopic (exact) mass is 348 g/mol. The van der Waals surface area contributed by atoms with E-state index in [9.17, 15) is 4.79 Å². The summed E-state index contributed by atoms with van der Waals surface area (Å²) in [6.07, 6.45) is 1.83. The van der Waals surface area contributed by atoms with Gasteiger partial charge in [0.25, 0.3) is 0 Å². The van der Waals surface area contributed by atoms with E-state index in [0.29, 0.717) is 0 Å². The Kier molecular flexibility index (Phi) is 3.86. The Bertz CT molecular complexity index is 1110. The zero-order chi connectivity index (χ0) is 17.4. The maximum absolute atomic E-state index is 11.7. The van der Waals surface area contributed by atoms with Crippen LogP contribution in [0, 0.1) is 6.92 Å². The first-order chi connectivity index (χ1) is 12.1. The van der Waals surface area contributed by atoms with Crippen molar-refractivity contribution in [3.63, 3.8) is 0 Å². The van der Waals surface area contributed by atoms with Crippen molar-refractivity contribution in [3.8, 4) is 22.6 Å². The quantitative estimate of drug-likeness (QED) is 0.536. The molecule has 0 saturated carbocycles. The van der Waals surface area contributed by atoms with E-state index in [2.05, 4.69) is 4.98 Å². The number of nitrogens with zero attached hydrogens (tertiary/aromatic N) is 2. The predicted octanol–water partition coefficient (Wildman–Crippen LogP) is 4.76. The molecule has 4 rings (SSSR count). The fourth-order valence-corrected chi connectivity index (χ4v) is 3.67. The number of aromatic nitrogens is 2. The molecule has 25 heavy (non-hydrogen) atoms. The molecule has 0 saturated heterocycles. The molecule has 0 radical (unpaired) electrons. The molecular weight excluding hydrogens is 332 g/mol. The SMILES string of the molecule is Cc1nc2ccc(-c3ccc(=O)n(C)c3)c(Oc3ccccc3)c2s1. The normalized spacial score (nSPS) is 11.0. The van der Waals surface area contributed by atoms with Gasteiger partial charge in [-0.15, -0.1) is 11.3 Å². The van der Waals surface area contributed by atoms with E-state index in [0.717, 1.165) is 37.9 Å². The second kappa shape index (κ2) is 6.18. The molecule has 0 aliphatic carbocycles. The molecule has 0 amide bonds. The Morgan fingerprint density at radius 1 is 1.04 bits per heavy atom. The number of benzene rings is 2. The molecule has 2 aromatic heterocycles. The summed E-state index contributed by atoms with van der Waals surface area (Å²) < 4.78 is 8.82. The average Bonchev–Trinajstić information content (AvgIpc) is 2.99. The number of thiazole rings is 1. The fraction of sp³-hybridized carbons (Fsp3) is 0.100. The van der Waals surface area contributed by atoms with E-state index < -0.39 is 0 Å². The summed E-state index contributed by atoms with van der Waals surface area (Å²) >= 11 is 1.61. The van der Waals surface area contributed by atoms with Crippen molar-refractivity contribution in [3.05, 3.63) is 76.2 Å². The molecule has 4 aromatic rings. The van der Waals surface area contributed by atoms with Crippen molar-refractivity contribution >= 4 is 21.6 Å². The third kappa shape index (κ3) is 2.94. The third-order valence-electron chi connectivity index (χ3n) is 3.98. The van der Waals surface area contributed by atoms with Gasteiger partial charge >= 0.3 is 0 Å². The highest BCUT2D eigenvalue weighted by Crippen LogP contribution is 2.41. The zero-order valence-electron chi connectivity index (χ0n) is 13.9. The van der Waals surface area contributed by atoms with Crippen molar-refractivity contribution in [1.29, 1.82) is 0 Å². The lowest BCUT2D eigenvalue weighted by atomic mass is 10.1. The van der Waals surface area contributed by atoms with Gasteiger partial charge in [0.1, 0.15) is 5.75 Å². The summed E-state index contributed by atoms with van der Waals surface area (Å²) in [5, 5.41) is 0.991. The smallest absolute Gasteiger partial charge is 0.250 e. The maximum atomic E-state index is 11.7. The lowest BCUT2D eigenvalue weighted by molar-refractivity contribution is 0.491. The van der Waals surface area contributed by atoms with E-state index in [4.69, 9.17) is 4.74 Å². The van der Waals surface area contributed by atoms with Crippen LogP contribution >= 0.6 is 11.3 Å². The van der Waals surface area contributed by atoms with Gasteiger partial charge in [0.2, 0.25) is 5.56 Å². The van der Waals surface area contributed by atoms with Gasteiger partial charge in [-0.1, -0.05) is 18.2 Å². The highest BCUT2D eigenvalue weighted by molar-refractivity contribution is 7.19. The minimum atomic E-state index is -0.0380. The summed E-state index contributed by atoms with van der Waals surface area (Å²) in [6, 6.07) is 17.1. The number of hydrogen-bond acceptors (Lipinski definition) is 4. The number of aryl methyl sites for hydroxylation is 2. The van der Waals surface area contributed by atoms with Crippen molar-refractivity contribution in [2.45, 2.75) is 6.92 Å². The summed E-state index contributed by atoms with van der Waals surface area (Å²) in [4.78, 5) is 16.3. The summed E-state index contributed by atoms with van der Waals surface area (Å²) in [6.45, 7) is 1.99. The number of rotatable bonds is 3. The Balaban J connectivity index is 1.95. The summed E-state index contributed by atoms with van der Waals surface area (Å²) in [5.41, 5.74) is 2.75. The average molecular weight is 348 g/mol. The first-order valence-corrected chi connectivity index (χ1v) is 8.73. The number of fused-ring (bicyclic) bond motifs is 1. The van der Waals surface area contributed by atoms with Gasteiger partial charge in [0.15, 0.2) is 5.75 Å². The van der Waals surface area contributed by atoms with Gasteiger partial charge in [-0.05, 0) is 37.3 Å². The number of ether oxygens (including phenoxy) is 1. The molecule has 0 bridgehead atoms. The predicted molar refractivity (Wildman–Crippen MR) is 102 cm³/mol. The van der Waals surface area contributed by atoms with Crippen molar-refractivity contribution < 1.29 is 4.74 Å². The highest BCUT2D eigenvalue weighted by Gasteiger charge is 2.15. The molecule has 0 unspecified atom stereocenters. The highest BCUT2D eigenvalue weighted by atomic mass is 32.1. The van der Waals surface area contributed by atoms with Gasteiger partial charge in [-0.25, -0.2) is 4.98 Å². The van der Waals surface area contributed by atoms with Crippen LogP contribution in [0.4, 0.5) is 0 Å². The molecule has 4 nitrogen and oxygen atoms in total. The Morgan fingerprint density at radius 3 is 2.60 bits per heavy atom. The van der Waals surface area contributed by atoms with Gasteiger partial charge in [0.05, 0.1) is 15.2 Å². The van der Waals surface area contributed by atoms with Crippen LogP contribution < -0.4 is 10.3 Å².